The van der Waals surface area contributed by atoms with Crippen molar-refractivity contribution in [2.75, 3.05) is 0 Å². The van der Waals surface area contributed by atoms with Gasteiger partial charge in [-0.15, -0.1) is 0 Å². The number of hydrogen-bond acceptors (Lipinski definition) is 0. The fraction of sp³-hybridized carbons (Fsp3) is 0.0417. The summed E-state index contributed by atoms with van der Waals surface area (Å²) in [4.78, 5) is 0. The average Bonchev–Trinajstić information content (AvgIpc) is 3.26. The number of benzene rings is 2. The molecule has 4 rings (SSSR count). The second-order valence-corrected chi connectivity index (χ2v) is 5.75. The van der Waals surface area contributed by atoms with Gasteiger partial charge in [0.15, 0.2) is 0 Å². The van der Waals surface area contributed by atoms with Gasteiger partial charge >= 0.3 is 21.7 Å². The maximum Gasteiger partial charge on any atom is 4.00 e. The molecule has 0 saturated carbocycles. The molecule has 0 saturated heterocycles. The van der Waals surface area contributed by atoms with Gasteiger partial charge in [0.1, 0.15) is 0 Å². The van der Waals surface area contributed by atoms with Crippen molar-refractivity contribution in [1.29, 1.82) is 0 Å². The SMILES string of the molecule is [Cl-].[Cl-].[NH-]C1C=CC=CC1=C(c1ccccc1)c1ccccc1.[Ti+4].c1cc[cH-]c1. The molecule has 0 radical (unpaired) electrons. The predicted molar refractivity (Wildman–Crippen MR) is 107 cm³/mol. The molecule has 0 aliphatic heterocycles. The van der Waals surface area contributed by atoms with Crippen molar-refractivity contribution >= 4 is 5.57 Å². The first-order chi connectivity index (χ1) is 12.4. The van der Waals surface area contributed by atoms with Crippen LogP contribution in [0.5, 0.6) is 0 Å². The summed E-state index contributed by atoms with van der Waals surface area (Å²) >= 11 is 0. The Hall–Kier alpha value is -1.74. The van der Waals surface area contributed by atoms with Gasteiger partial charge in [-0.25, -0.2) is 12.1 Å². The number of rotatable bonds is 2. The molecule has 0 fully saturated rings. The quantitative estimate of drug-likeness (QED) is 0.407. The minimum atomic E-state index is -0.310. The second-order valence-electron chi connectivity index (χ2n) is 5.75. The summed E-state index contributed by atoms with van der Waals surface area (Å²) in [6, 6.07) is 30.3. The molecule has 4 heteroatoms. The average molecular weight is 442 g/mol. The second kappa shape index (κ2) is 14.3. The molecule has 0 aromatic heterocycles. The smallest absolute Gasteiger partial charge is 1.00 e. The van der Waals surface area contributed by atoms with Crippen molar-refractivity contribution in [3.8, 4) is 0 Å². The maximum atomic E-state index is 8.26. The molecule has 0 bridgehead atoms. The summed E-state index contributed by atoms with van der Waals surface area (Å²) in [6.45, 7) is 0. The molecular formula is C24H21Cl2NTi. The number of nitrogens with one attached hydrogen (secondary N) is 1. The van der Waals surface area contributed by atoms with Crippen molar-refractivity contribution in [2.24, 2.45) is 0 Å². The molecule has 1 unspecified atom stereocenters. The Kier molecular flexibility index (Phi) is 13.4. The van der Waals surface area contributed by atoms with Crippen LogP contribution in [0.15, 0.2) is 121 Å². The van der Waals surface area contributed by atoms with Crippen molar-refractivity contribution in [1.82, 2.24) is 0 Å². The molecule has 1 aliphatic carbocycles. The molecule has 0 spiro atoms. The van der Waals surface area contributed by atoms with Crippen molar-refractivity contribution in [3.63, 3.8) is 0 Å². The van der Waals surface area contributed by atoms with Crippen LogP contribution in [-0.2, 0) is 21.7 Å². The van der Waals surface area contributed by atoms with E-state index in [4.69, 9.17) is 5.73 Å². The first-order valence-corrected chi connectivity index (χ1v) is 8.44. The zero-order valence-corrected chi connectivity index (χ0v) is 18.4. The van der Waals surface area contributed by atoms with Crippen LogP contribution < -0.4 is 24.8 Å². The van der Waals surface area contributed by atoms with E-state index in [-0.39, 0.29) is 52.6 Å². The van der Waals surface area contributed by atoms with Crippen LogP contribution in [0, 0.1) is 0 Å². The van der Waals surface area contributed by atoms with E-state index in [1.165, 1.54) is 0 Å². The molecule has 3 aromatic rings. The van der Waals surface area contributed by atoms with E-state index in [0.717, 1.165) is 22.3 Å². The van der Waals surface area contributed by atoms with Gasteiger partial charge in [0.05, 0.1) is 0 Å². The van der Waals surface area contributed by atoms with Crippen LogP contribution in [0.4, 0.5) is 0 Å². The van der Waals surface area contributed by atoms with Crippen LogP contribution in [0.2, 0.25) is 0 Å². The molecule has 3 aromatic carbocycles. The summed E-state index contributed by atoms with van der Waals surface area (Å²) in [6.07, 6.45) is 7.91. The van der Waals surface area contributed by atoms with Crippen LogP contribution in [0.25, 0.3) is 11.3 Å². The van der Waals surface area contributed by atoms with Gasteiger partial charge in [0.2, 0.25) is 0 Å². The molecule has 28 heavy (non-hydrogen) atoms. The van der Waals surface area contributed by atoms with E-state index >= 15 is 0 Å². The maximum absolute atomic E-state index is 8.26. The van der Waals surface area contributed by atoms with Gasteiger partial charge in [-0.2, -0.15) is 18.2 Å². The minimum absolute atomic E-state index is 0. The zero-order valence-electron chi connectivity index (χ0n) is 15.3. The number of hydrogen-bond donors (Lipinski definition) is 0. The standard InChI is InChI=1S/C19H16N.C5H5.2ClH.Ti/c20-18-14-8-7-13-17(18)19(15-9-3-1-4-10-15)16-11-5-2-6-12-16;1-2-4-5-3-1;;;/h1-14,18,20H;1-5H;2*1H;/q2*-1;;;+4/p-2. The van der Waals surface area contributed by atoms with Crippen molar-refractivity contribution in [3.05, 3.63) is 138 Å². The van der Waals surface area contributed by atoms with Gasteiger partial charge in [0.25, 0.3) is 0 Å². The summed E-state index contributed by atoms with van der Waals surface area (Å²) < 4.78 is 0. The Balaban J connectivity index is 0.000000801. The largest absolute Gasteiger partial charge is 4.00 e. The number of halogens is 2. The Morgan fingerprint density at radius 3 is 1.61 bits per heavy atom. The summed E-state index contributed by atoms with van der Waals surface area (Å²) in [5, 5.41) is 0. The van der Waals surface area contributed by atoms with Crippen molar-refractivity contribution < 1.29 is 46.5 Å². The molecule has 0 heterocycles. The Bertz CT molecular complexity index is 795. The van der Waals surface area contributed by atoms with E-state index in [9.17, 15) is 0 Å². The van der Waals surface area contributed by atoms with Gasteiger partial charge in [-0.3, -0.25) is 0 Å². The third-order valence-electron chi connectivity index (χ3n) is 3.99. The van der Waals surface area contributed by atoms with Crippen molar-refractivity contribution in [2.45, 2.75) is 6.04 Å². The van der Waals surface area contributed by atoms with Gasteiger partial charge in [0, 0.05) is 0 Å². The normalized spacial score (nSPS) is 13.8. The first-order valence-electron chi connectivity index (χ1n) is 8.44. The van der Waals surface area contributed by atoms with Gasteiger partial charge in [-0.1, -0.05) is 96.6 Å². The molecular weight excluding hydrogens is 421 g/mol. The first kappa shape index (κ1) is 26.3. The Morgan fingerprint density at radius 2 is 1.21 bits per heavy atom. The van der Waals surface area contributed by atoms with Crippen LogP contribution in [-0.4, -0.2) is 6.04 Å². The summed E-state index contributed by atoms with van der Waals surface area (Å²) in [5.41, 5.74) is 12.8. The molecule has 140 valence electrons. The van der Waals surface area contributed by atoms with E-state index in [1.54, 1.807) is 0 Å². The third kappa shape index (κ3) is 7.35. The molecule has 1 aliphatic rings. The fourth-order valence-corrected chi connectivity index (χ4v) is 2.81. The van der Waals surface area contributed by atoms with Gasteiger partial charge in [-0.05, 0) is 16.7 Å². The molecule has 1 atom stereocenters. The van der Waals surface area contributed by atoms with E-state index < -0.39 is 0 Å². The summed E-state index contributed by atoms with van der Waals surface area (Å²) in [7, 11) is 0. The Labute approximate surface area is 195 Å². The van der Waals surface area contributed by atoms with E-state index in [2.05, 4.69) is 24.3 Å². The fourth-order valence-electron chi connectivity index (χ4n) is 2.81. The third-order valence-corrected chi connectivity index (χ3v) is 3.99. The zero-order chi connectivity index (χ0) is 17.3. The van der Waals surface area contributed by atoms with Crippen LogP contribution >= 0.6 is 0 Å². The van der Waals surface area contributed by atoms with E-state index in [1.807, 2.05) is 91.0 Å². The van der Waals surface area contributed by atoms with Crippen LogP contribution in [0.1, 0.15) is 11.1 Å². The monoisotopic (exact) mass is 441 g/mol. The Morgan fingerprint density at radius 1 is 0.714 bits per heavy atom. The van der Waals surface area contributed by atoms with E-state index in [0.29, 0.717) is 0 Å². The minimum Gasteiger partial charge on any atom is -1.00 e. The summed E-state index contributed by atoms with van der Waals surface area (Å²) in [5.74, 6) is 0. The number of allylic oxidation sites excluding steroid dienone is 2. The molecule has 0 amide bonds. The van der Waals surface area contributed by atoms with Gasteiger partial charge < -0.3 is 30.5 Å². The molecule has 1 nitrogen and oxygen atoms in total. The topological polar surface area (TPSA) is 23.8 Å². The predicted octanol–water partition coefficient (Wildman–Crippen LogP) is 0.446. The molecule has 1 N–H and O–H groups in total. The van der Waals surface area contributed by atoms with Crippen LogP contribution in [0.3, 0.4) is 0 Å².